The van der Waals surface area contributed by atoms with Crippen molar-refractivity contribution in [2.24, 2.45) is 0 Å². The normalized spacial score (nSPS) is 17.9. The Morgan fingerprint density at radius 2 is 2.30 bits per heavy atom. The van der Waals surface area contributed by atoms with Crippen LogP contribution in [0.2, 0.25) is 0 Å². The van der Waals surface area contributed by atoms with Crippen LogP contribution >= 0.6 is 0 Å². The molecule has 2 aromatic rings. The third-order valence-corrected chi connectivity index (χ3v) is 6.26. The third-order valence-electron chi connectivity index (χ3n) is 4.32. The Labute approximate surface area is 157 Å². The van der Waals surface area contributed by atoms with E-state index in [1.807, 2.05) is 0 Å². The number of rotatable bonds is 8. The van der Waals surface area contributed by atoms with Gasteiger partial charge in [0.15, 0.2) is 5.69 Å². The quantitative estimate of drug-likeness (QED) is 0.621. The van der Waals surface area contributed by atoms with Crippen LogP contribution in [0.1, 0.15) is 23.3 Å². The molecule has 146 valence electrons. The minimum absolute atomic E-state index is 0.175. The lowest BCUT2D eigenvalue weighted by Gasteiger charge is -2.23. The molecule has 0 bridgehead atoms. The average molecular weight is 394 g/mol. The van der Waals surface area contributed by atoms with Gasteiger partial charge in [0.25, 0.3) is 5.91 Å². The number of ether oxygens (including phenoxy) is 1. The Hall–Kier alpha value is -2.37. The second-order valence-electron chi connectivity index (χ2n) is 6.18. The predicted octanol–water partition coefficient (Wildman–Crippen LogP) is -0.0974. The molecule has 11 heteroatoms. The van der Waals surface area contributed by atoms with Gasteiger partial charge in [0, 0.05) is 38.6 Å². The second kappa shape index (κ2) is 8.55. The van der Waals surface area contributed by atoms with E-state index in [0.717, 1.165) is 6.42 Å². The number of sulfonamides is 1. The third kappa shape index (κ3) is 4.49. The molecule has 0 spiro atoms. The van der Waals surface area contributed by atoms with Crippen molar-refractivity contribution in [3.63, 3.8) is 0 Å². The maximum atomic E-state index is 12.9. The summed E-state index contributed by atoms with van der Waals surface area (Å²) in [4.78, 5) is 16.1. The Morgan fingerprint density at radius 3 is 3.04 bits per heavy atom. The summed E-state index contributed by atoms with van der Waals surface area (Å²) >= 11 is 0. The molecule has 2 aromatic heterocycles. The van der Waals surface area contributed by atoms with Gasteiger partial charge in [-0.15, -0.1) is 5.10 Å². The molecular formula is C16H22N6O4S. The smallest absolute Gasteiger partial charge is 0.273 e. The Morgan fingerprint density at radius 1 is 1.44 bits per heavy atom. The Kier molecular flexibility index (Phi) is 6.14. The number of carbonyl (C=O) groups is 1. The zero-order chi connectivity index (χ0) is 19.3. The molecule has 27 heavy (non-hydrogen) atoms. The Balaban J connectivity index is 1.68. The van der Waals surface area contributed by atoms with Gasteiger partial charge < -0.3 is 10.1 Å². The summed E-state index contributed by atoms with van der Waals surface area (Å²) < 4.78 is 33.6. The molecule has 1 atom stereocenters. The molecule has 0 radical (unpaired) electrons. The van der Waals surface area contributed by atoms with E-state index in [1.54, 1.807) is 13.2 Å². The SMILES string of the molecule is COCCNC(=O)c1cn(C[C@@H]2CCCN2S(=O)(=O)c2cccnc2)nn1. The zero-order valence-corrected chi connectivity index (χ0v) is 15.8. The lowest BCUT2D eigenvalue weighted by molar-refractivity contribution is 0.0932. The fraction of sp³-hybridized carbons (Fsp3) is 0.500. The van der Waals surface area contributed by atoms with E-state index in [9.17, 15) is 13.2 Å². The summed E-state index contributed by atoms with van der Waals surface area (Å²) in [5.74, 6) is -0.343. The topological polar surface area (TPSA) is 119 Å². The van der Waals surface area contributed by atoms with E-state index in [1.165, 1.54) is 33.6 Å². The van der Waals surface area contributed by atoms with Gasteiger partial charge in [-0.2, -0.15) is 4.31 Å². The number of nitrogens with one attached hydrogen (secondary N) is 1. The van der Waals surface area contributed by atoms with Crippen LogP contribution in [0, 0.1) is 0 Å². The van der Waals surface area contributed by atoms with Crippen LogP contribution < -0.4 is 5.32 Å². The van der Waals surface area contributed by atoms with Gasteiger partial charge in [-0.3, -0.25) is 14.5 Å². The highest BCUT2D eigenvalue weighted by Gasteiger charge is 2.35. The first kappa shape index (κ1) is 19.4. The van der Waals surface area contributed by atoms with Crippen molar-refractivity contribution in [2.45, 2.75) is 30.3 Å². The fourth-order valence-electron chi connectivity index (χ4n) is 3.01. The van der Waals surface area contributed by atoms with Crippen molar-refractivity contribution >= 4 is 15.9 Å². The molecular weight excluding hydrogens is 372 g/mol. The number of hydrogen-bond donors (Lipinski definition) is 1. The molecule has 1 fully saturated rings. The summed E-state index contributed by atoms with van der Waals surface area (Å²) in [6.07, 6.45) is 5.89. The summed E-state index contributed by atoms with van der Waals surface area (Å²) in [6.45, 7) is 1.56. The van der Waals surface area contributed by atoms with E-state index >= 15 is 0 Å². The Bertz CT molecular complexity index is 870. The molecule has 0 aromatic carbocycles. The van der Waals surface area contributed by atoms with Crippen LogP contribution in [-0.2, 0) is 21.3 Å². The van der Waals surface area contributed by atoms with Crippen LogP contribution in [0.5, 0.6) is 0 Å². The van der Waals surface area contributed by atoms with Crippen LogP contribution in [0.4, 0.5) is 0 Å². The molecule has 1 saturated heterocycles. The lowest BCUT2D eigenvalue weighted by Crippen LogP contribution is -2.38. The molecule has 0 aliphatic carbocycles. The maximum absolute atomic E-state index is 12.9. The molecule has 10 nitrogen and oxygen atoms in total. The monoisotopic (exact) mass is 394 g/mol. The molecule has 1 aliphatic rings. The second-order valence-corrected chi connectivity index (χ2v) is 8.07. The highest BCUT2D eigenvalue weighted by Crippen LogP contribution is 2.26. The molecule has 3 heterocycles. The van der Waals surface area contributed by atoms with E-state index in [2.05, 4.69) is 20.6 Å². The number of amides is 1. The van der Waals surface area contributed by atoms with Crippen LogP contribution in [-0.4, -0.2) is 71.5 Å². The summed E-state index contributed by atoms with van der Waals surface area (Å²) in [6, 6.07) is 2.89. The van der Waals surface area contributed by atoms with Gasteiger partial charge in [-0.1, -0.05) is 5.21 Å². The van der Waals surface area contributed by atoms with Gasteiger partial charge in [0.05, 0.1) is 19.3 Å². The molecule has 3 rings (SSSR count). The molecule has 1 N–H and O–H groups in total. The average Bonchev–Trinajstić information content (AvgIpc) is 3.33. The molecule has 1 amide bonds. The summed E-state index contributed by atoms with van der Waals surface area (Å²) in [7, 11) is -2.07. The van der Waals surface area contributed by atoms with E-state index in [-0.39, 0.29) is 22.5 Å². The number of hydrogen-bond acceptors (Lipinski definition) is 7. The van der Waals surface area contributed by atoms with Gasteiger partial charge in [-0.05, 0) is 25.0 Å². The molecule has 0 unspecified atom stereocenters. The van der Waals surface area contributed by atoms with Crippen molar-refractivity contribution in [3.8, 4) is 0 Å². The lowest BCUT2D eigenvalue weighted by atomic mass is 10.2. The standard InChI is InChI=1S/C16H22N6O4S/c1-26-9-7-18-16(23)15-12-21(20-19-15)11-13-4-3-8-22(13)27(24,25)14-5-2-6-17-10-14/h2,5-6,10,12-13H,3-4,7-9,11H2,1H3,(H,18,23)/t13-/m0/s1. The summed E-state index contributed by atoms with van der Waals surface area (Å²) in [5, 5.41) is 10.5. The maximum Gasteiger partial charge on any atom is 0.273 e. The number of methoxy groups -OCH3 is 1. The number of carbonyl (C=O) groups excluding carboxylic acids is 1. The minimum atomic E-state index is -3.62. The summed E-state index contributed by atoms with van der Waals surface area (Å²) in [5.41, 5.74) is 0.186. The largest absolute Gasteiger partial charge is 0.383 e. The van der Waals surface area contributed by atoms with E-state index in [0.29, 0.717) is 32.7 Å². The molecule has 1 aliphatic heterocycles. The highest BCUT2D eigenvalue weighted by molar-refractivity contribution is 7.89. The first-order valence-electron chi connectivity index (χ1n) is 8.61. The van der Waals surface area contributed by atoms with Gasteiger partial charge in [-0.25, -0.2) is 8.42 Å². The highest BCUT2D eigenvalue weighted by atomic mass is 32.2. The fourth-order valence-corrected chi connectivity index (χ4v) is 4.66. The number of nitrogens with zero attached hydrogens (tertiary/aromatic N) is 5. The van der Waals surface area contributed by atoms with Gasteiger partial charge >= 0.3 is 0 Å². The minimum Gasteiger partial charge on any atom is -0.383 e. The van der Waals surface area contributed by atoms with Crippen molar-refractivity contribution in [3.05, 3.63) is 36.4 Å². The predicted molar refractivity (Wildman–Crippen MR) is 95.4 cm³/mol. The molecule has 0 saturated carbocycles. The van der Waals surface area contributed by atoms with Gasteiger partial charge in [0.2, 0.25) is 10.0 Å². The first-order valence-corrected chi connectivity index (χ1v) is 10.1. The first-order chi connectivity index (χ1) is 13.0. The van der Waals surface area contributed by atoms with Crippen molar-refractivity contribution in [1.29, 1.82) is 0 Å². The number of aromatic nitrogens is 4. The van der Waals surface area contributed by atoms with E-state index < -0.39 is 10.0 Å². The number of pyridine rings is 1. The van der Waals surface area contributed by atoms with Crippen LogP contribution in [0.3, 0.4) is 0 Å². The van der Waals surface area contributed by atoms with Crippen molar-refractivity contribution < 1.29 is 17.9 Å². The van der Waals surface area contributed by atoms with E-state index in [4.69, 9.17) is 4.74 Å². The van der Waals surface area contributed by atoms with Gasteiger partial charge in [0.1, 0.15) is 4.90 Å². The zero-order valence-electron chi connectivity index (χ0n) is 15.0. The van der Waals surface area contributed by atoms with Crippen molar-refractivity contribution in [2.75, 3.05) is 26.8 Å². The van der Waals surface area contributed by atoms with Crippen LogP contribution in [0.25, 0.3) is 0 Å². The van der Waals surface area contributed by atoms with Crippen LogP contribution in [0.15, 0.2) is 35.6 Å². The van der Waals surface area contributed by atoms with Crippen molar-refractivity contribution in [1.82, 2.24) is 29.6 Å².